The molecule has 1 heterocycles. The van der Waals surface area contributed by atoms with E-state index in [1.807, 2.05) is 50.2 Å². The number of carbonyl (C=O) groups excluding carboxylic acids is 4. The Bertz CT molecular complexity index is 1790. The monoisotopic (exact) mass is 788 g/mol. The van der Waals surface area contributed by atoms with Gasteiger partial charge in [-0.05, 0) is 91.0 Å². The Labute approximate surface area is 333 Å². The summed E-state index contributed by atoms with van der Waals surface area (Å²) < 4.78 is 11.5. The molecule has 1 saturated carbocycles. The van der Waals surface area contributed by atoms with E-state index in [0.717, 1.165) is 24.0 Å². The van der Waals surface area contributed by atoms with Gasteiger partial charge in [0.05, 0.1) is 6.42 Å². The smallest absolute Gasteiger partial charge is 0.415 e. The molecule has 0 spiro atoms. The molecule has 0 aromatic heterocycles. The number of nitrogens with one attached hydrogen (secondary N) is 3. The van der Waals surface area contributed by atoms with Crippen LogP contribution in [0, 0.1) is 5.92 Å². The molecule has 0 unspecified atom stereocenters. The van der Waals surface area contributed by atoms with Gasteiger partial charge in [0, 0.05) is 30.6 Å². The minimum Gasteiger partial charge on any atom is -0.483 e. The summed E-state index contributed by atoms with van der Waals surface area (Å²) in [6, 6.07) is 19.1. The number of amides is 4. The Morgan fingerprint density at radius 1 is 0.804 bits per heavy atom. The maximum Gasteiger partial charge on any atom is 0.415 e. The number of hydrogen-bond acceptors (Lipinski definition) is 7. The summed E-state index contributed by atoms with van der Waals surface area (Å²) in [7, 11) is 0. The highest BCUT2D eigenvalue weighted by Gasteiger charge is 2.29. The topological polar surface area (TPSA) is 163 Å². The number of hydrogen-bond donors (Lipinski definition) is 4. The zero-order valence-electron chi connectivity index (χ0n) is 32.1. The molecule has 2 fully saturated rings. The molecule has 13 heteroatoms. The van der Waals surface area contributed by atoms with E-state index in [9.17, 15) is 29.1 Å². The van der Waals surface area contributed by atoms with Crippen molar-refractivity contribution >= 4 is 41.4 Å². The van der Waals surface area contributed by atoms with Crippen LogP contribution in [0.2, 0.25) is 5.02 Å². The average Bonchev–Trinajstić information content (AvgIpc) is 3.18. The summed E-state index contributed by atoms with van der Waals surface area (Å²) in [5, 5.41) is 19.0. The predicted molar refractivity (Wildman–Crippen MR) is 213 cm³/mol. The first-order chi connectivity index (χ1) is 26.9. The fraction of sp³-hybridized carbons (Fsp3) is 0.465. The molecule has 1 saturated heterocycles. The van der Waals surface area contributed by atoms with E-state index in [2.05, 4.69) is 16.0 Å². The van der Waals surface area contributed by atoms with Gasteiger partial charge >= 0.3 is 12.1 Å². The van der Waals surface area contributed by atoms with Gasteiger partial charge in [-0.3, -0.25) is 14.4 Å². The SMILES string of the molecule is CC(C)C[C@H](NC(=O)COc1ccccc1C1CCCCC1)C(=O)N[C@@H](Cc1ccc(OC(=O)N2CCC(NC(=O)Cc3ccc(Cl)cc3)CC2)cc1)C(=O)O. The van der Waals surface area contributed by atoms with Crippen molar-refractivity contribution < 1.29 is 38.6 Å². The Hall–Kier alpha value is -5.10. The largest absolute Gasteiger partial charge is 0.483 e. The van der Waals surface area contributed by atoms with Crippen LogP contribution in [0.4, 0.5) is 4.79 Å². The van der Waals surface area contributed by atoms with Gasteiger partial charge in [-0.25, -0.2) is 9.59 Å². The number of piperidine rings is 1. The number of para-hydroxylation sites is 1. The van der Waals surface area contributed by atoms with Crippen LogP contribution in [0.5, 0.6) is 11.5 Å². The van der Waals surface area contributed by atoms with Crippen molar-refractivity contribution in [1.29, 1.82) is 0 Å². The number of carboxylic acids is 1. The third-order valence-corrected chi connectivity index (χ3v) is 10.5. The molecule has 4 N–H and O–H groups in total. The fourth-order valence-corrected chi connectivity index (χ4v) is 7.41. The van der Waals surface area contributed by atoms with E-state index < -0.39 is 36.0 Å². The summed E-state index contributed by atoms with van der Waals surface area (Å²) >= 11 is 5.92. The number of likely N-dealkylation sites (tertiary alicyclic amines) is 1. The highest BCUT2D eigenvalue weighted by Crippen LogP contribution is 2.37. The molecule has 300 valence electrons. The minimum absolute atomic E-state index is 0.0318. The summed E-state index contributed by atoms with van der Waals surface area (Å²) in [6.45, 7) is 4.40. The highest BCUT2D eigenvalue weighted by atomic mass is 35.5. The van der Waals surface area contributed by atoms with E-state index in [1.54, 1.807) is 41.3 Å². The summed E-state index contributed by atoms with van der Waals surface area (Å²) in [5.74, 6) is -0.999. The summed E-state index contributed by atoms with van der Waals surface area (Å²) in [4.78, 5) is 65.7. The maximum atomic E-state index is 13.4. The molecular weight excluding hydrogens is 736 g/mol. The molecule has 2 aliphatic rings. The summed E-state index contributed by atoms with van der Waals surface area (Å²) in [6.07, 6.45) is 6.92. The van der Waals surface area contributed by atoms with Crippen LogP contribution in [-0.4, -0.2) is 77.6 Å². The number of aliphatic carboxylic acids is 1. The second kappa shape index (κ2) is 20.7. The van der Waals surface area contributed by atoms with Crippen molar-refractivity contribution in [2.45, 2.75) is 102 Å². The zero-order valence-corrected chi connectivity index (χ0v) is 32.9. The first-order valence-corrected chi connectivity index (χ1v) is 19.9. The van der Waals surface area contributed by atoms with Crippen molar-refractivity contribution in [3.8, 4) is 11.5 Å². The van der Waals surface area contributed by atoms with E-state index in [-0.39, 0.29) is 43.1 Å². The molecule has 0 bridgehead atoms. The lowest BCUT2D eigenvalue weighted by atomic mass is 9.84. The van der Waals surface area contributed by atoms with Crippen LogP contribution in [-0.2, 0) is 32.0 Å². The van der Waals surface area contributed by atoms with Crippen LogP contribution in [0.15, 0.2) is 72.8 Å². The van der Waals surface area contributed by atoms with Gasteiger partial charge in [-0.2, -0.15) is 0 Å². The Balaban J connectivity index is 1.08. The molecule has 4 amide bonds. The van der Waals surface area contributed by atoms with E-state index in [1.165, 1.54) is 19.3 Å². The van der Waals surface area contributed by atoms with E-state index in [4.69, 9.17) is 21.1 Å². The molecule has 3 aromatic rings. The van der Waals surface area contributed by atoms with Crippen LogP contribution in [0.3, 0.4) is 0 Å². The molecule has 0 radical (unpaired) electrons. The van der Waals surface area contributed by atoms with Gasteiger partial charge in [-0.15, -0.1) is 0 Å². The molecule has 5 rings (SSSR count). The number of carboxylic acid groups (broad SMARTS) is 1. The van der Waals surface area contributed by atoms with Crippen LogP contribution >= 0.6 is 11.6 Å². The first kappa shape index (κ1) is 42.1. The third kappa shape index (κ3) is 13.0. The Kier molecular flexibility index (Phi) is 15.6. The number of carbonyl (C=O) groups is 5. The average molecular weight is 789 g/mol. The lowest BCUT2D eigenvalue weighted by molar-refractivity contribution is -0.142. The van der Waals surface area contributed by atoms with Crippen molar-refractivity contribution in [2.24, 2.45) is 5.92 Å². The van der Waals surface area contributed by atoms with Crippen LogP contribution in [0.25, 0.3) is 0 Å². The van der Waals surface area contributed by atoms with Gasteiger partial charge in [-0.1, -0.05) is 87.2 Å². The molecule has 1 aliphatic carbocycles. The number of benzene rings is 3. The fourth-order valence-electron chi connectivity index (χ4n) is 7.28. The van der Waals surface area contributed by atoms with Gasteiger partial charge in [0.2, 0.25) is 11.8 Å². The second-order valence-corrected chi connectivity index (χ2v) is 15.6. The lowest BCUT2D eigenvalue weighted by Crippen LogP contribution is -2.53. The quantitative estimate of drug-likeness (QED) is 0.129. The van der Waals surface area contributed by atoms with Gasteiger partial charge in [0.15, 0.2) is 6.61 Å². The molecule has 2 atom stereocenters. The second-order valence-electron chi connectivity index (χ2n) is 15.2. The molecule has 12 nitrogen and oxygen atoms in total. The molecule has 3 aromatic carbocycles. The number of ether oxygens (including phenoxy) is 2. The van der Waals surface area contributed by atoms with Crippen LogP contribution in [0.1, 0.15) is 87.8 Å². The normalized spacial score (nSPS) is 16.0. The molecule has 56 heavy (non-hydrogen) atoms. The minimum atomic E-state index is -1.27. The maximum absolute atomic E-state index is 13.4. The van der Waals surface area contributed by atoms with Crippen molar-refractivity contribution in [3.05, 3.63) is 94.5 Å². The van der Waals surface area contributed by atoms with Gasteiger partial charge < -0.3 is 35.4 Å². The van der Waals surface area contributed by atoms with Crippen molar-refractivity contribution in [2.75, 3.05) is 19.7 Å². The third-order valence-electron chi connectivity index (χ3n) is 10.3. The number of halogens is 1. The highest BCUT2D eigenvalue weighted by molar-refractivity contribution is 6.30. The van der Waals surface area contributed by atoms with Crippen molar-refractivity contribution in [3.63, 3.8) is 0 Å². The zero-order chi connectivity index (χ0) is 40.0. The summed E-state index contributed by atoms with van der Waals surface area (Å²) in [5.41, 5.74) is 2.56. The van der Waals surface area contributed by atoms with E-state index in [0.29, 0.717) is 54.6 Å². The van der Waals surface area contributed by atoms with Gasteiger partial charge in [0.25, 0.3) is 5.91 Å². The predicted octanol–water partition coefficient (Wildman–Crippen LogP) is 6.43. The molecule has 1 aliphatic heterocycles. The molecular formula is C43H53ClN4O8. The first-order valence-electron chi connectivity index (χ1n) is 19.6. The van der Waals surface area contributed by atoms with Gasteiger partial charge in [0.1, 0.15) is 23.6 Å². The lowest BCUT2D eigenvalue weighted by Gasteiger charge is -2.31. The standard InChI is InChI=1S/C43H53ClN4O8/c1-28(2)24-36(46-40(50)27-55-38-11-7-6-10-35(38)31-8-4-3-5-9-31)41(51)47-37(42(52)53)25-29-14-18-34(19-15-29)56-43(54)48-22-20-33(21-23-48)45-39(49)26-30-12-16-32(44)17-13-30/h6-7,10-19,28,31,33,36-37H,3-5,8-9,20-27H2,1-2H3,(H,45,49)(H,46,50)(H,47,51)(H,52,53)/t36-,37-/m0/s1. The Morgan fingerprint density at radius 2 is 1.46 bits per heavy atom. The van der Waals surface area contributed by atoms with Crippen LogP contribution < -0.4 is 25.4 Å². The Morgan fingerprint density at radius 3 is 2.12 bits per heavy atom. The van der Waals surface area contributed by atoms with Crippen molar-refractivity contribution in [1.82, 2.24) is 20.9 Å². The van der Waals surface area contributed by atoms with E-state index >= 15 is 0 Å². The number of rotatable bonds is 16. The number of nitrogens with zero attached hydrogens (tertiary/aromatic N) is 1.